The van der Waals surface area contributed by atoms with Gasteiger partial charge in [0.2, 0.25) is 5.91 Å². The number of hydrogen-bond donors (Lipinski definition) is 2. The Morgan fingerprint density at radius 3 is 2.62 bits per heavy atom. The molecule has 0 saturated heterocycles. The molecule has 2 N–H and O–H groups in total. The first-order valence-corrected chi connectivity index (χ1v) is 8.77. The largest absolute Gasteiger partial charge is 0.367 e. The first-order chi connectivity index (χ1) is 11.7. The molecule has 1 aliphatic carbocycles. The first-order valence-electron chi connectivity index (χ1n) is 8.77. The highest BCUT2D eigenvalue weighted by molar-refractivity contribution is 5.92. The number of aryl methyl sites for hydroxylation is 1. The summed E-state index contributed by atoms with van der Waals surface area (Å²) < 4.78 is 0. The number of rotatable bonds is 5. The molecule has 0 spiro atoms. The number of nitrogens with one attached hydrogen (secondary N) is 2. The van der Waals surface area contributed by atoms with Gasteiger partial charge < -0.3 is 10.6 Å². The quantitative estimate of drug-likeness (QED) is 0.862. The summed E-state index contributed by atoms with van der Waals surface area (Å²) in [5.74, 6) is 0.873. The van der Waals surface area contributed by atoms with Crippen molar-refractivity contribution in [1.29, 1.82) is 0 Å². The average molecular weight is 323 g/mol. The Balaban J connectivity index is 1.53. The number of hydrogen-bond acceptors (Lipinski definition) is 3. The van der Waals surface area contributed by atoms with Gasteiger partial charge in [0.05, 0.1) is 18.3 Å². The Bertz CT molecular complexity index is 676. The molecule has 1 aromatic heterocycles. The molecule has 3 rings (SSSR count). The SMILES string of the molecule is Cc1ccccc1CC(=O)Nc1ccc(NC2CCCCC2)nc1. The summed E-state index contributed by atoms with van der Waals surface area (Å²) in [6, 6.07) is 12.3. The predicted molar refractivity (Wildman–Crippen MR) is 98.2 cm³/mol. The summed E-state index contributed by atoms with van der Waals surface area (Å²) in [6.45, 7) is 2.02. The Kier molecular flexibility index (Phi) is 5.47. The van der Waals surface area contributed by atoms with Crippen molar-refractivity contribution in [2.45, 2.75) is 51.5 Å². The van der Waals surface area contributed by atoms with Gasteiger partial charge in [-0.25, -0.2) is 4.98 Å². The molecule has 1 fully saturated rings. The van der Waals surface area contributed by atoms with E-state index in [0.717, 1.165) is 22.6 Å². The van der Waals surface area contributed by atoms with E-state index in [1.807, 2.05) is 43.3 Å². The normalized spacial score (nSPS) is 15.0. The van der Waals surface area contributed by atoms with Crippen molar-refractivity contribution in [3.8, 4) is 0 Å². The van der Waals surface area contributed by atoms with E-state index in [9.17, 15) is 4.79 Å². The number of carbonyl (C=O) groups excluding carboxylic acids is 1. The van der Waals surface area contributed by atoms with Gasteiger partial charge in [-0.1, -0.05) is 43.5 Å². The van der Waals surface area contributed by atoms with E-state index in [-0.39, 0.29) is 5.91 Å². The highest BCUT2D eigenvalue weighted by atomic mass is 16.1. The summed E-state index contributed by atoms with van der Waals surface area (Å²) in [7, 11) is 0. The number of pyridine rings is 1. The van der Waals surface area contributed by atoms with Crippen molar-refractivity contribution < 1.29 is 4.79 Å². The lowest BCUT2D eigenvalue weighted by atomic mass is 9.95. The second-order valence-corrected chi connectivity index (χ2v) is 6.56. The maximum absolute atomic E-state index is 12.2. The zero-order valence-electron chi connectivity index (χ0n) is 14.2. The van der Waals surface area contributed by atoms with E-state index in [4.69, 9.17) is 0 Å². The summed E-state index contributed by atoms with van der Waals surface area (Å²) in [5, 5.41) is 6.40. The highest BCUT2D eigenvalue weighted by Gasteiger charge is 2.13. The molecule has 24 heavy (non-hydrogen) atoms. The lowest BCUT2D eigenvalue weighted by Gasteiger charge is -2.23. The van der Waals surface area contributed by atoms with Crippen LogP contribution < -0.4 is 10.6 Å². The van der Waals surface area contributed by atoms with Crippen molar-refractivity contribution in [3.05, 3.63) is 53.7 Å². The van der Waals surface area contributed by atoms with E-state index < -0.39 is 0 Å². The van der Waals surface area contributed by atoms with Crippen molar-refractivity contribution >= 4 is 17.4 Å². The van der Waals surface area contributed by atoms with Crippen LogP contribution in [-0.4, -0.2) is 16.9 Å². The smallest absolute Gasteiger partial charge is 0.228 e. The third-order valence-electron chi connectivity index (χ3n) is 4.62. The van der Waals surface area contributed by atoms with Crippen LogP contribution in [0.3, 0.4) is 0 Å². The van der Waals surface area contributed by atoms with E-state index in [2.05, 4.69) is 15.6 Å². The van der Waals surface area contributed by atoms with Crippen LogP contribution in [0, 0.1) is 6.92 Å². The fourth-order valence-electron chi connectivity index (χ4n) is 3.20. The molecule has 1 amide bonds. The minimum atomic E-state index is -0.0147. The Morgan fingerprint density at radius 1 is 1.12 bits per heavy atom. The van der Waals surface area contributed by atoms with Gasteiger partial charge in [-0.2, -0.15) is 0 Å². The molecule has 1 aromatic carbocycles. The molecule has 4 heteroatoms. The van der Waals surface area contributed by atoms with Gasteiger partial charge in [-0.3, -0.25) is 4.79 Å². The monoisotopic (exact) mass is 323 g/mol. The maximum Gasteiger partial charge on any atom is 0.228 e. The minimum Gasteiger partial charge on any atom is -0.367 e. The molecule has 0 unspecified atom stereocenters. The van der Waals surface area contributed by atoms with Crippen LogP contribution in [0.2, 0.25) is 0 Å². The molecule has 126 valence electrons. The second-order valence-electron chi connectivity index (χ2n) is 6.56. The molecule has 0 radical (unpaired) electrons. The Labute approximate surface area is 143 Å². The lowest BCUT2D eigenvalue weighted by molar-refractivity contribution is -0.115. The van der Waals surface area contributed by atoms with E-state index in [0.29, 0.717) is 12.5 Å². The summed E-state index contributed by atoms with van der Waals surface area (Å²) in [4.78, 5) is 16.6. The zero-order chi connectivity index (χ0) is 16.8. The molecule has 4 nitrogen and oxygen atoms in total. The topological polar surface area (TPSA) is 54.0 Å². The molecular formula is C20H25N3O. The van der Waals surface area contributed by atoms with E-state index in [1.165, 1.54) is 32.1 Å². The van der Waals surface area contributed by atoms with Crippen molar-refractivity contribution in [2.24, 2.45) is 0 Å². The molecule has 1 saturated carbocycles. The zero-order valence-corrected chi connectivity index (χ0v) is 14.2. The van der Waals surface area contributed by atoms with Gasteiger partial charge in [0.25, 0.3) is 0 Å². The molecule has 0 atom stereocenters. The molecule has 2 aromatic rings. The van der Waals surface area contributed by atoms with Crippen LogP contribution in [0.1, 0.15) is 43.2 Å². The molecule has 1 heterocycles. The van der Waals surface area contributed by atoms with Crippen molar-refractivity contribution in [1.82, 2.24) is 4.98 Å². The standard InChI is InChI=1S/C20H25N3O/c1-15-7-5-6-8-16(15)13-20(24)23-18-11-12-19(21-14-18)22-17-9-3-2-4-10-17/h5-8,11-12,14,17H,2-4,9-10,13H2,1H3,(H,21,22)(H,23,24). The molecule has 1 aliphatic rings. The van der Waals surface area contributed by atoms with Gasteiger partial charge in [-0.15, -0.1) is 0 Å². The van der Waals surface area contributed by atoms with Crippen molar-refractivity contribution in [3.63, 3.8) is 0 Å². The highest BCUT2D eigenvalue weighted by Crippen LogP contribution is 2.21. The number of aromatic nitrogens is 1. The third kappa shape index (κ3) is 4.57. The number of nitrogens with zero attached hydrogens (tertiary/aromatic N) is 1. The summed E-state index contributed by atoms with van der Waals surface area (Å²) in [5.41, 5.74) is 2.93. The van der Waals surface area contributed by atoms with Gasteiger partial charge in [0.1, 0.15) is 5.82 Å². The van der Waals surface area contributed by atoms with Crippen LogP contribution in [0.5, 0.6) is 0 Å². The van der Waals surface area contributed by atoms with Crippen LogP contribution in [0.15, 0.2) is 42.6 Å². The fraction of sp³-hybridized carbons (Fsp3) is 0.400. The molecular weight excluding hydrogens is 298 g/mol. The second kappa shape index (κ2) is 7.95. The van der Waals surface area contributed by atoms with Gasteiger partial charge >= 0.3 is 0 Å². The maximum atomic E-state index is 12.2. The molecule has 0 bridgehead atoms. The number of carbonyl (C=O) groups is 1. The minimum absolute atomic E-state index is 0.0147. The Hall–Kier alpha value is -2.36. The van der Waals surface area contributed by atoms with Crippen LogP contribution >= 0.6 is 0 Å². The van der Waals surface area contributed by atoms with Crippen LogP contribution in [0.4, 0.5) is 11.5 Å². The summed E-state index contributed by atoms with van der Waals surface area (Å²) >= 11 is 0. The van der Waals surface area contributed by atoms with E-state index in [1.54, 1.807) is 6.20 Å². The number of benzene rings is 1. The van der Waals surface area contributed by atoms with Gasteiger partial charge in [0, 0.05) is 6.04 Å². The fourth-order valence-corrected chi connectivity index (χ4v) is 3.20. The average Bonchev–Trinajstić information content (AvgIpc) is 2.60. The van der Waals surface area contributed by atoms with Crippen LogP contribution in [-0.2, 0) is 11.2 Å². The van der Waals surface area contributed by atoms with E-state index >= 15 is 0 Å². The predicted octanol–water partition coefficient (Wildman–Crippen LogP) is 4.32. The first kappa shape index (κ1) is 16.5. The molecule has 0 aliphatic heterocycles. The third-order valence-corrected chi connectivity index (χ3v) is 4.62. The Morgan fingerprint density at radius 2 is 1.92 bits per heavy atom. The lowest BCUT2D eigenvalue weighted by Crippen LogP contribution is -2.22. The number of amides is 1. The van der Waals surface area contributed by atoms with Crippen LogP contribution in [0.25, 0.3) is 0 Å². The van der Waals surface area contributed by atoms with Crippen molar-refractivity contribution in [2.75, 3.05) is 10.6 Å². The number of anilines is 2. The summed E-state index contributed by atoms with van der Waals surface area (Å²) in [6.07, 6.45) is 8.48. The van der Waals surface area contributed by atoms with Gasteiger partial charge in [-0.05, 0) is 43.0 Å². The van der Waals surface area contributed by atoms with Gasteiger partial charge in [0.15, 0.2) is 0 Å².